The van der Waals surface area contributed by atoms with Gasteiger partial charge in [-0.25, -0.2) is 0 Å². The largest absolute Gasteiger partial charge is 0.383 e. The number of unbranched alkanes of at least 4 members (excludes halogenated alkanes) is 1. The zero-order chi connectivity index (χ0) is 16.4. The van der Waals surface area contributed by atoms with Crippen molar-refractivity contribution in [2.24, 2.45) is 0 Å². The van der Waals surface area contributed by atoms with E-state index in [-0.39, 0.29) is 11.9 Å². The van der Waals surface area contributed by atoms with Crippen molar-refractivity contribution in [2.75, 3.05) is 13.7 Å². The molecule has 0 heterocycles. The number of hydrazine groups is 1. The summed E-state index contributed by atoms with van der Waals surface area (Å²) in [5, 5.41) is 3.36. The standard InChI is InChI=1S/C16H25N3O2S/c1-4-5-6-13-7-9-14(10-8-13)15(20)18-19-16(22)17-12(2)11-21-3/h7-10,12H,4-6,11H2,1-3H3,(H,18,20)(H2,17,19,22)/t12-/m1/s1. The molecule has 0 aromatic heterocycles. The lowest BCUT2D eigenvalue weighted by Crippen LogP contribution is -2.49. The number of ether oxygens (including phenoxy) is 1. The highest BCUT2D eigenvalue weighted by Crippen LogP contribution is 2.07. The number of amides is 1. The fourth-order valence-electron chi connectivity index (χ4n) is 1.94. The first-order chi connectivity index (χ1) is 10.6. The van der Waals surface area contributed by atoms with Crippen LogP contribution in [0.3, 0.4) is 0 Å². The number of thiocarbonyl (C=S) groups is 1. The molecular formula is C16H25N3O2S. The van der Waals surface area contributed by atoms with E-state index < -0.39 is 0 Å². The van der Waals surface area contributed by atoms with Gasteiger partial charge in [-0.2, -0.15) is 0 Å². The third kappa shape index (κ3) is 6.87. The maximum atomic E-state index is 12.0. The van der Waals surface area contributed by atoms with E-state index in [9.17, 15) is 4.79 Å². The monoisotopic (exact) mass is 323 g/mol. The lowest BCUT2D eigenvalue weighted by Gasteiger charge is -2.16. The molecule has 1 rings (SSSR count). The molecule has 1 atom stereocenters. The third-order valence-corrected chi connectivity index (χ3v) is 3.34. The van der Waals surface area contributed by atoms with Crippen LogP contribution in [-0.2, 0) is 11.2 Å². The van der Waals surface area contributed by atoms with E-state index in [0.29, 0.717) is 17.3 Å². The second-order valence-corrected chi connectivity index (χ2v) is 5.62. The van der Waals surface area contributed by atoms with Gasteiger partial charge in [-0.1, -0.05) is 25.5 Å². The van der Waals surface area contributed by atoms with Crippen molar-refractivity contribution >= 4 is 23.2 Å². The molecule has 1 amide bonds. The van der Waals surface area contributed by atoms with E-state index in [4.69, 9.17) is 17.0 Å². The number of carbonyl (C=O) groups is 1. The number of rotatable bonds is 7. The fraction of sp³-hybridized carbons (Fsp3) is 0.500. The van der Waals surface area contributed by atoms with Crippen LogP contribution in [0.2, 0.25) is 0 Å². The minimum absolute atomic E-state index is 0.0692. The Balaban J connectivity index is 2.40. The van der Waals surface area contributed by atoms with Crippen LogP contribution < -0.4 is 16.2 Å². The predicted molar refractivity (Wildman–Crippen MR) is 92.7 cm³/mol. The van der Waals surface area contributed by atoms with Gasteiger partial charge in [0.05, 0.1) is 6.61 Å². The molecule has 0 fully saturated rings. The lowest BCUT2D eigenvalue weighted by molar-refractivity contribution is 0.0943. The molecule has 5 nitrogen and oxygen atoms in total. The summed E-state index contributed by atoms with van der Waals surface area (Å²) in [7, 11) is 1.63. The summed E-state index contributed by atoms with van der Waals surface area (Å²) in [6.45, 7) is 4.64. The van der Waals surface area contributed by atoms with Gasteiger partial charge >= 0.3 is 0 Å². The first kappa shape index (κ1) is 18.4. The molecule has 0 aliphatic carbocycles. The van der Waals surface area contributed by atoms with Crippen LogP contribution in [0.5, 0.6) is 0 Å². The summed E-state index contributed by atoms with van der Waals surface area (Å²) in [6.07, 6.45) is 3.37. The lowest BCUT2D eigenvalue weighted by atomic mass is 10.1. The van der Waals surface area contributed by atoms with Gasteiger partial charge in [0.1, 0.15) is 0 Å². The molecule has 0 bridgehead atoms. The van der Waals surface area contributed by atoms with Crippen molar-refractivity contribution in [1.82, 2.24) is 16.2 Å². The number of hydrogen-bond donors (Lipinski definition) is 3. The Morgan fingerprint density at radius 3 is 2.55 bits per heavy atom. The Hall–Kier alpha value is -1.66. The first-order valence-electron chi connectivity index (χ1n) is 7.51. The SMILES string of the molecule is CCCCc1ccc(C(=O)NNC(=S)N[C@H](C)COC)cc1. The van der Waals surface area contributed by atoms with Crippen molar-refractivity contribution in [3.05, 3.63) is 35.4 Å². The van der Waals surface area contributed by atoms with Crippen molar-refractivity contribution in [1.29, 1.82) is 0 Å². The van der Waals surface area contributed by atoms with Crippen LogP contribution in [0.25, 0.3) is 0 Å². The zero-order valence-corrected chi connectivity index (χ0v) is 14.3. The van der Waals surface area contributed by atoms with Gasteiger partial charge in [0.25, 0.3) is 5.91 Å². The van der Waals surface area contributed by atoms with Gasteiger partial charge in [-0.15, -0.1) is 0 Å². The second kappa shape index (κ2) is 10.1. The molecule has 1 aromatic rings. The van der Waals surface area contributed by atoms with Gasteiger partial charge in [-0.3, -0.25) is 15.6 Å². The van der Waals surface area contributed by atoms with Crippen molar-refractivity contribution in [3.63, 3.8) is 0 Å². The minimum atomic E-state index is -0.217. The van der Waals surface area contributed by atoms with Crippen molar-refractivity contribution < 1.29 is 9.53 Å². The van der Waals surface area contributed by atoms with E-state index in [1.54, 1.807) is 7.11 Å². The minimum Gasteiger partial charge on any atom is -0.383 e. The summed E-state index contributed by atoms with van der Waals surface area (Å²) in [6, 6.07) is 7.70. The quantitative estimate of drug-likeness (QED) is 0.530. The predicted octanol–water partition coefficient (Wildman–Crippen LogP) is 2.17. The maximum absolute atomic E-state index is 12.0. The van der Waals surface area contributed by atoms with Gasteiger partial charge < -0.3 is 10.1 Å². The third-order valence-electron chi connectivity index (χ3n) is 3.12. The number of hydrogen-bond acceptors (Lipinski definition) is 3. The van der Waals surface area contributed by atoms with E-state index in [0.717, 1.165) is 19.3 Å². The average Bonchev–Trinajstić information content (AvgIpc) is 2.51. The molecule has 6 heteroatoms. The van der Waals surface area contributed by atoms with Gasteiger partial charge in [0, 0.05) is 18.7 Å². The van der Waals surface area contributed by atoms with Crippen LogP contribution in [0, 0.1) is 0 Å². The molecule has 1 aromatic carbocycles. The average molecular weight is 323 g/mol. The van der Waals surface area contributed by atoms with Crippen LogP contribution in [0.4, 0.5) is 0 Å². The molecular weight excluding hydrogens is 298 g/mol. The van der Waals surface area contributed by atoms with Crippen LogP contribution in [-0.4, -0.2) is 30.8 Å². The molecule has 0 saturated heterocycles. The molecule has 22 heavy (non-hydrogen) atoms. The summed E-state index contributed by atoms with van der Waals surface area (Å²) in [5.74, 6) is -0.217. The Morgan fingerprint density at radius 2 is 1.95 bits per heavy atom. The summed E-state index contributed by atoms with van der Waals surface area (Å²) < 4.78 is 5.00. The molecule has 0 aliphatic heterocycles. The highest BCUT2D eigenvalue weighted by atomic mass is 32.1. The van der Waals surface area contributed by atoms with Crippen LogP contribution >= 0.6 is 12.2 Å². The molecule has 0 unspecified atom stereocenters. The number of nitrogens with one attached hydrogen (secondary N) is 3. The highest BCUT2D eigenvalue weighted by molar-refractivity contribution is 7.80. The van der Waals surface area contributed by atoms with Gasteiger partial charge in [0.15, 0.2) is 5.11 Å². The first-order valence-corrected chi connectivity index (χ1v) is 7.92. The summed E-state index contributed by atoms with van der Waals surface area (Å²) in [4.78, 5) is 12.0. The number of methoxy groups -OCH3 is 1. The highest BCUT2D eigenvalue weighted by Gasteiger charge is 2.07. The van der Waals surface area contributed by atoms with E-state index in [1.807, 2.05) is 31.2 Å². The van der Waals surface area contributed by atoms with E-state index in [2.05, 4.69) is 23.1 Å². The summed E-state index contributed by atoms with van der Waals surface area (Å²) >= 11 is 5.09. The van der Waals surface area contributed by atoms with Crippen molar-refractivity contribution in [2.45, 2.75) is 39.2 Å². The molecule has 0 radical (unpaired) electrons. The fourth-order valence-corrected chi connectivity index (χ4v) is 2.19. The van der Waals surface area contributed by atoms with Gasteiger partial charge in [0.2, 0.25) is 0 Å². The Bertz CT molecular complexity index is 477. The Labute approximate surface area is 137 Å². The number of carbonyl (C=O) groups excluding carboxylic acids is 1. The topological polar surface area (TPSA) is 62.4 Å². The number of benzene rings is 1. The molecule has 0 aliphatic rings. The van der Waals surface area contributed by atoms with Crippen LogP contribution in [0.1, 0.15) is 42.6 Å². The summed E-state index contributed by atoms with van der Waals surface area (Å²) in [5.41, 5.74) is 7.10. The van der Waals surface area contributed by atoms with Gasteiger partial charge in [-0.05, 0) is 49.7 Å². The second-order valence-electron chi connectivity index (χ2n) is 5.21. The molecule has 0 saturated carbocycles. The molecule has 0 spiro atoms. The zero-order valence-electron chi connectivity index (χ0n) is 13.4. The van der Waals surface area contributed by atoms with E-state index in [1.165, 1.54) is 5.56 Å². The Kier molecular flexibility index (Phi) is 8.47. The maximum Gasteiger partial charge on any atom is 0.269 e. The normalized spacial score (nSPS) is 11.6. The van der Waals surface area contributed by atoms with Crippen molar-refractivity contribution in [3.8, 4) is 0 Å². The van der Waals surface area contributed by atoms with Crippen LogP contribution in [0.15, 0.2) is 24.3 Å². The smallest absolute Gasteiger partial charge is 0.269 e. The molecule has 122 valence electrons. The number of aryl methyl sites for hydroxylation is 1. The van der Waals surface area contributed by atoms with E-state index >= 15 is 0 Å². The Morgan fingerprint density at radius 1 is 1.27 bits per heavy atom. The molecule has 3 N–H and O–H groups in total.